The molecule has 0 amide bonds. The maximum atomic E-state index is 11.2. The molecule has 0 saturated carbocycles. The molecule has 2 rings (SSSR count). The summed E-state index contributed by atoms with van der Waals surface area (Å²) < 4.78 is 5.64. The Balaban J connectivity index is 2.35. The molecule has 1 aromatic heterocycles. The van der Waals surface area contributed by atoms with E-state index in [2.05, 4.69) is 10.3 Å². The van der Waals surface area contributed by atoms with Crippen LogP contribution >= 0.6 is 0 Å². The lowest BCUT2D eigenvalue weighted by atomic mass is 10.2. The van der Waals surface area contributed by atoms with Gasteiger partial charge in [-0.25, -0.2) is 4.98 Å². The van der Waals surface area contributed by atoms with Crippen molar-refractivity contribution in [2.24, 2.45) is 0 Å². The third-order valence-electron chi connectivity index (χ3n) is 3.06. The van der Waals surface area contributed by atoms with Crippen LogP contribution in [0.2, 0.25) is 0 Å². The average Bonchev–Trinajstić information content (AvgIpc) is 2.42. The van der Waals surface area contributed by atoms with Gasteiger partial charge in [0.25, 0.3) is 0 Å². The van der Waals surface area contributed by atoms with Crippen LogP contribution in [-0.4, -0.2) is 17.0 Å². The van der Waals surface area contributed by atoms with E-state index < -0.39 is 4.92 Å². The Morgan fingerprint density at radius 1 is 1.33 bits per heavy atom. The highest BCUT2D eigenvalue weighted by Gasteiger charge is 2.19. The molecule has 0 saturated heterocycles. The van der Waals surface area contributed by atoms with Gasteiger partial charge in [0, 0.05) is 23.9 Å². The number of nitrogens with one attached hydrogen (secondary N) is 1. The van der Waals surface area contributed by atoms with Gasteiger partial charge in [0.2, 0.25) is 11.6 Å². The van der Waals surface area contributed by atoms with Crippen molar-refractivity contribution in [2.45, 2.75) is 20.4 Å². The maximum absolute atomic E-state index is 11.2. The highest BCUT2D eigenvalue weighted by atomic mass is 16.6. The van der Waals surface area contributed by atoms with Crippen molar-refractivity contribution in [1.29, 1.82) is 0 Å². The summed E-state index contributed by atoms with van der Waals surface area (Å²) in [6, 6.07) is 6.93. The normalized spacial score (nSPS) is 10.4. The molecule has 21 heavy (non-hydrogen) atoms. The summed E-state index contributed by atoms with van der Waals surface area (Å²) >= 11 is 0. The zero-order valence-electron chi connectivity index (χ0n) is 12.2. The lowest BCUT2D eigenvalue weighted by Gasteiger charge is -2.10. The molecule has 0 aliphatic carbocycles. The maximum Gasteiger partial charge on any atom is 0.314 e. The number of hydrogen-bond acceptors (Lipinski definition) is 5. The fourth-order valence-electron chi connectivity index (χ4n) is 2.08. The standard InChI is InChI=1S/C15H17N3O3/c1-10-5-4-6-13(14(10)18(19)20)21-15-11(2)7-12(8-16-3)9-17-15/h4-7,9,16H,8H2,1-3H3. The van der Waals surface area contributed by atoms with Crippen molar-refractivity contribution in [2.75, 3.05) is 7.05 Å². The second-order valence-electron chi connectivity index (χ2n) is 4.78. The van der Waals surface area contributed by atoms with Crippen molar-refractivity contribution in [3.05, 3.63) is 57.3 Å². The van der Waals surface area contributed by atoms with Gasteiger partial charge in [0.1, 0.15) is 0 Å². The summed E-state index contributed by atoms with van der Waals surface area (Å²) in [6.45, 7) is 4.25. The first-order chi connectivity index (χ1) is 10.0. The van der Waals surface area contributed by atoms with Gasteiger partial charge in [0.15, 0.2) is 0 Å². The molecule has 0 fully saturated rings. The van der Waals surface area contributed by atoms with Gasteiger partial charge in [-0.15, -0.1) is 0 Å². The molecule has 0 unspecified atom stereocenters. The number of hydrogen-bond donors (Lipinski definition) is 1. The number of pyridine rings is 1. The molecule has 0 aliphatic heterocycles. The number of aryl methyl sites for hydroxylation is 2. The Hall–Kier alpha value is -2.47. The van der Waals surface area contributed by atoms with Crippen LogP contribution in [-0.2, 0) is 6.54 Å². The minimum absolute atomic E-state index is 0.0296. The Morgan fingerprint density at radius 3 is 2.71 bits per heavy atom. The van der Waals surface area contributed by atoms with Gasteiger partial charge >= 0.3 is 5.69 Å². The molecule has 0 spiro atoms. The van der Waals surface area contributed by atoms with Crippen molar-refractivity contribution < 1.29 is 9.66 Å². The van der Waals surface area contributed by atoms with E-state index >= 15 is 0 Å². The van der Waals surface area contributed by atoms with E-state index in [1.807, 2.05) is 20.0 Å². The number of benzene rings is 1. The van der Waals surface area contributed by atoms with E-state index in [1.54, 1.807) is 31.3 Å². The molecule has 6 heteroatoms. The third kappa shape index (κ3) is 3.35. The molecular weight excluding hydrogens is 270 g/mol. The molecule has 0 bridgehead atoms. The molecule has 110 valence electrons. The minimum Gasteiger partial charge on any atom is -0.432 e. The first kappa shape index (κ1) is 14.9. The fraction of sp³-hybridized carbons (Fsp3) is 0.267. The zero-order chi connectivity index (χ0) is 15.4. The smallest absolute Gasteiger partial charge is 0.314 e. The van der Waals surface area contributed by atoms with Crippen LogP contribution in [0.15, 0.2) is 30.5 Å². The van der Waals surface area contributed by atoms with Crippen LogP contribution in [0.25, 0.3) is 0 Å². The first-order valence-electron chi connectivity index (χ1n) is 6.55. The predicted molar refractivity (Wildman–Crippen MR) is 79.6 cm³/mol. The summed E-state index contributed by atoms with van der Waals surface area (Å²) in [6.07, 6.45) is 1.69. The number of rotatable bonds is 5. The number of ether oxygens (including phenoxy) is 1. The highest BCUT2D eigenvalue weighted by Crippen LogP contribution is 2.34. The molecule has 0 atom stereocenters. The molecule has 0 radical (unpaired) electrons. The second kappa shape index (κ2) is 6.32. The third-order valence-corrected chi connectivity index (χ3v) is 3.06. The van der Waals surface area contributed by atoms with E-state index in [0.717, 1.165) is 11.1 Å². The summed E-state index contributed by atoms with van der Waals surface area (Å²) in [4.78, 5) is 15.0. The molecule has 2 aromatic rings. The van der Waals surface area contributed by atoms with Gasteiger partial charge in [-0.05, 0) is 38.6 Å². The van der Waals surface area contributed by atoms with Crippen LogP contribution in [0.5, 0.6) is 11.6 Å². The summed E-state index contributed by atoms with van der Waals surface area (Å²) in [5.41, 5.74) is 2.39. The van der Waals surface area contributed by atoms with Crippen molar-refractivity contribution in [3.8, 4) is 11.6 Å². The van der Waals surface area contributed by atoms with Crippen LogP contribution < -0.4 is 10.1 Å². The van der Waals surface area contributed by atoms with Crippen LogP contribution in [0.1, 0.15) is 16.7 Å². The minimum atomic E-state index is -0.435. The van der Waals surface area contributed by atoms with Gasteiger partial charge in [-0.1, -0.05) is 12.1 Å². The van der Waals surface area contributed by atoms with Crippen molar-refractivity contribution in [3.63, 3.8) is 0 Å². The monoisotopic (exact) mass is 287 g/mol. The number of para-hydroxylation sites is 1. The Kier molecular flexibility index (Phi) is 4.49. The van der Waals surface area contributed by atoms with E-state index in [4.69, 9.17) is 4.74 Å². The van der Waals surface area contributed by atoms with Gasteiger partial charge in [-0.3, -0.25) is 10.1 Å². The molecule has 1 heterocycles. The largest absolute Gasteiger partial charge is 0.432 e. The SMILES string of the molecule is CNCc1cnc(Oc2cccc(C)c2[N+](=O)[O-])c(C)c1. The molecule has 6 nitrogen and oxygen atoms in total. The lowest BCUT2D eigenvalue weighted by molar-refractivity contribution is -0.386. The van der Waals surface area contributed by atoms with E-state index in [-0.39, 0.29) is 11.4 Å². The number of nitro benzene ring substituents is 1. The van der Waals surface area contributed by atoms with Gasteiger partial charge in [-0.2, -0.15) is 0 Å². The fourth-order valence-corrected chi connectivity index (χ4v) is 2.08. The zero-order valence-corrected chi connectivity index (χ0v) is 12.2. The topological polar surface area (TPSA) is 77.3 Å². The molecule has 0 aliphatic rings. The van der Waals surface area contributed by atoms with E-state index in [9.17, 15) is 10.1 Å². The van der Waals surface area contributed by atoms with Gasteiger partial charge in [0.05, 0.1) is 4.92 Å². The Labute approximate surface area is 122 Å². The predicted octanol–water partition coefficient (Wildman–Crippen LogP) is 3.12. The quantitative estimate of drug-likeness (QED) is 0.675. The lowest BCUT2D eigenvalue weighted by Crippen LogP contribution is -2.06. The Morgan fingerprint density at radius 2 is 2.10 bits per heavy atom. The molecule has 1 aromatic carbocycles. The average molecular weight is 287 g/mol. The summed E-state index contributed by atoms with van der Waals surface area (Å²) in [7, 11) is 1.86. The number of aromatic nitrogens is 1. The highest BCUT2D eigenvalue weighted by molar-refractivity contribution is 5.53. The first-order valence-corrected chi connectivity index (χ1v) is 6.55. The van der Waals surface area contributed by atoms with Crippen LogP contribution in [0.3, 0.4) is 0 Å². The number of nitrogens with zero attached hydrogens (tertiary/aromatic N) is 2. The van der Waals surface area contributed by atoms with Crippen molar-refractivity contribution >= 4 is 5.69 Å². The van der Waals surface area contributed by atoms with E-state index in [0.29, 0.717) is 18.0 Å². The van der Waals surface area contributed by atoms with Crippen LogP contribution in [0.4, 0.5) is 5.69 Å². The van der Waals surface area contributed by atoms with E-state index in [1.165, 1.54) is 0 Å². The molecule has 1 N–H and O–H groups in total. The van der Waals surface area contributed by atoms with Gasteiger partial charge < -0.3 is 10.1 Å². The van der Waals surface area contributed by atoms with Crippen molar-refractivity contribution in [1.82, 2.24) is 10.3 Å². The summed E-state index contributed by atoms with van der Waals surface area (Å²) in [5, 5.41) is 14.2. The number of nitro groups is 1. The second-order valence-corrected chi connectivity index (χ2v) is 4.78. The van der Waals surface area contributed by atoms with Crippen LogP contribution in [0, 0.1) is 24.0 Å². The summed E-state index contributed by atoms with van der Waals surface area (Å²) in [5.74, 6) is 0.584. The Bertz CT molecular complexity index is 671. The molecular formula is C15H17N3O3.